The van der Waals surface area contributed by atoms with Gasteiger partial charge in [-0.25, -0.2) is 8.42 Å². The molecule has 4 aromatic rings. The molecular formula is C26H25N3O3S. The summed E-state index contributed by atoms with van der Waals surface area (Å²) in [6.45, 7) is 3.72. The molecule has 0 unspecified atom stereocenters. The molecule has 7 heteroatoms. The number of sulfonamides is 1. The van der Waals surface area contributed by atoms with E-state index < -0.39 is 10.0 Å². The number of benzene rings is 3. The lowest BCUT2D eigenvalue weighted by Gasteiger charge is -2.13. The Balaban J connectivity index is 1.39. The maximum absolute atomic E-state index is 12.8. The van der Waals surface area contributed by atoms with E-state index in [0.717, 1.165) is 22.4 Å². The zero-order chi connectivity index (χ0) is 23.4. The number of aryl methyl sites for hydroxylation is 2. The Morgan fingerprint density at radius 2 is 1.42 bits per heavy atom. The first-order valence-electron chi connectivity index (χ1n) is 10.5. The topological polar surface area (TPSA) is 80.2 Å². The van der Waals surface area contributed by atoms with Gasteiger partial charge in [0.1, 0.15) is 0 Å². The zero-order valence-electron chi connectivity index (χ0n) is 18.4. The Morgan fingerprint density at radius 1 is 0.818 bits per heavy atom. The number of amides is 1. The fourth-order valence-corrected chi connectivity index (χ4v) is 4.77. The molecule has 168 valence electrons. The average Bonchev–Trinajstić information content (AvgIpc) is 3.32. The molecule has 0 radical (unpaired) electrons. The van der Waals surface area contributed by atoms with Gasteiger partial charge in [-0.15, -0.1) is 0 Å². The van der Waals surface area contributed by atoms with Crippen molar-refractivity contribution in [3.63, 3.8) is 0 Å². The Hall–Kier alpha value is -3.84. The fraction of sp³-hybridized carbons (Fsp3) is 0.115. The maximum atomic E-state index is 12.8. The summed E-state index contributed by atoms with van der Waals surface area (Å²) in [6.07, 6.45) is 4.15. The highest BCUT2D eigenvalue weighted by Crippen LogP contribution is 2.24. The van der Waals surface area contributed by atoms with Crippen molar-refractivity contribution in [3.8, 4) is 5.69 Å². The van der Waals surface area contributed by atoms with Crippen LogP contribution in [0.3, 0.4) is 0 Å². The largest absolute Gasteiger partial charge is 0.326 e. The summed E-state index contributed by atoms with van der Waals surface area (Å²) < 4.78 is 30.2. The van der Waals surface area contributed by atoms with Gasteiger partial charge >= 0.3 is 0 Å². The molecule has 1 amide bonds. The monoisotopic (exact) mass is 459 g/mol. The molecule has 3 aromatic carbocycles. The van der Waals surface area contributed by atoms with Gasteiger partial charge in [-0.3, -0.25) is 9.52 Å². The summed E-state index contributed by atoms with van der Waals surface area (Å²) in [5.41, 5.74) is 4.73. The number of nitrogens with one attached hydrogen (secondary N) is 2. The smallest absolute Gasteiger partial charge is 0.261 e. The summed E-state index contributed by atoms with van der Waals surface area (Å²) in [5, 5.41) is 2.82. The molecule has 1 aromatic heterocycles. The summed E-state index contributed by atoms with van der Waals surface area (Å²) in [5.74, 6) is -0.173. The van der Waals surface area contributed by atoms with E-state index in [0.29, 0.717) is 11.4 Å². The van der Waals surface area contributed by atoms with Crippen LogP contribution in [0.4, 0.5) is 11.4 Å². The first-order chi connectivity index (χ1) is 15.8. The normalized spacial score (nSPS) is 11.2. The first kappa shape index (κ1) is 22.4. The van der Waals surface area contributed by atoms with Crippen molar-refractivity contribution in [1.29, 1.82) is 0 Å². The molecule has 6 nitrogen and oxygen atoms in total. The third-order valence-corrected chi connectivity index (χ3v) is 6.74. The summed E-state index contributed by atoms with van der Waals surface area (Å²) in [7, 11) is -3.74. The number of rotatable bonds is 7. The molecule has 0 aliphatic rings. The molecule has 0 saturated heterocycles. The summed E-state index contributed by atoms with van der Waals surface area (Å²) >= 11 is 0. The van der Waals surface area contributed by atoms with E-state index in [9.17, 15) is 13.2 Å². The van der Waals surface area contributed by atoms with Crippen molar-refractivity contribution in [2.75, 3.05) is 10.0 Å². The van der Waals surface area contributed by atoms with Crippen LogP contribution in [0.25, 0.3) is 5.69 Å². The Labute approximate surface area is 194 Å². The second kappa shape index (κ2) is 9.34. The zero-order valence-corrected chi connectivity index (χ0v) is 19.3. The van der Waals surface area contributed by atoms with E-state index in [1.807, 2.05) is 85.4 Å². The van der Waals surface area contributed by atoms with Gasteiger partial charge in [0.15, 0.2) is 0 Å². The average molecular weight is 460 g/mol. The van der Waals surface area contributed by atoms with Crippen molar-refractivity contribution >= 4 is 27.3 Å². The van der Waals surface area contributed by atoms with Gasteiger partial charge in [0, 0.05) is 23.8 Å². The number of hydrogen-bond donors (Lipinski definition) is 2. The van der Waals surface area contributed by atoms with Gasteiger partial charge in [0.05, 0.1) is 17.0 Å². The van der Waals surface area contributed by atoms with Gasteiger partial charge in [-0.1, -0.05) is 30.3 Å². The molecule has 0 aliphatic heterocycles. The quantitative estimate of drug-likeness (QED) is 0.405. The number of para-hydroxylation sites is 1. The molecule has 0 bridgehead atoms. The Kier molecular flexibility index (Phi) is 6.33. The van der Waals surface area contributed by atoms with Gasteiger partial charge in [-0.2, -0.15) is 0 Å². The minimum Gasteiger partial charge on any atom is -0.326 e. The van der Waals surface area contributed by atoms with Gasteiger partial charge in [0.25, 0.3) is 10.0 Å². The number of anilines is 2. The van der Waals surface area contributed by atoms with Crippen molar-refractivity contribution in [3.05, 3.63) is 108 Å². The molecule has 0 spiro atoms. The second-order valence-corrected chi connectivity index (χ2v) is 9.56. The lowest BCUT2D eigenvalue weighted by atomic mass is 10.1. The fourth-order valence-electron chi connectivity index (χ4n) is 3.57. The minimum atomic E-state index is -3.74. The van der Waals surface area contributed by atoms with Crippen LogP contribution in [-0.2, 0) is 21.2 Å². The predicted octanol–water partition coefficient (Wildman–Crippen LogP) is 5.08. The molecule has 1 heterocycles. The van der Waals surface area contributed by atoms with Crippen LogP contribution in [0.15, 0.2) is 96.2 Å². The highest BCUT2D eigenvalue weighted by molar-refractivity contribution is 7.92. The van der Waals surface area contributed by atoms with Gasteiger partial charge < -0.3 is 9.88 Å². The molecule has 0 fully saturated rings. The summed E-state index contributed by atoms with van der Waals surface area (Å²) in [4.78, 5) is 12.6. The van der Waals surface area contributed by atoms with Crippen molar-refractivity contribution < 1.29 is 13.2 Å². The number of carbonyl (C=O) groups excluding carboxylic acids is 1. The maximum Gasteiger partial charge on any atom is 0.261 e. The summed E-state index contributed by atoms with van der Waals surface area (Å²) in [6, 6.07) is 23.4. The van der Waals surface area contributed by atoms with Crippen LogP contribution in [0, 0.1) is 13.8 Å². The Bertz CT molecular complexity index is 1340. The van der Waals surface area contributed by atoms with Gasteiger partial charge in [0.2, 0.25) is 5.91 Å². The SMILES string of the molecule is Cc1cccc(C)c1NS(=O)(=O)c1ccc(NC(=O)Cc2ccc(-n3cccc3)cc2)cc1. The van der Waals surface area contributed by atoms with Crippen LogP contribution in [0.2, 0.25) is 0 Å². The van der Waals surface area contributed by atoms with E-state index in [2.05, 4.69) is 10.0 Å². The molecular weight excluding hydrogens is 434 g/mol. The van der Waals surface area contributed by atoms with Crippen molar-refractivity contribution in [1.82, 2.24) is 4.57 Å². The lowest BCUT2D eigenvalue weighted by Crippen LogP contribution is -2.16. The van der Waals surface area contributed by atoms with Crippen molar-refractivity contribution in [2.24, 2.45) is 0 Å². The standard InChI is InChI=1S/C26H25N3O3S/c1-19-6-5-7-20(2)26(19)28-33(31,32)24-14-10-22(11-15-24)27-25(30)18-21-8-12-23(13-9-21)29-16-3-4-17-29/h3-17,28H,18H2,1-2H3,(H,27,30). The van der Waals surface area contributed by atoms with E-state index in [4.69, 9.17) is 0 Å². The molecule has 2 N–H and O–H groups in total. The number of carbonyl (C=O) groups is 1. The molecule has 33 heavy (non-hydrogen) atoms. The van der Waals surface area contributed by atoms with Crippen molar-refractivity contribution in [2.45, 2.75) is 25.2 Å². The molecule has 0 saturated carbocycles. The van der Waals surface area contributed by atoms with Crippen LogP contribution in [0.1, 0.15) is 16.7 Å². The molecule has 4 rings (SSSR count). The molecule has 0 atom stereocenters. The van der Waals surface area contributed by atoms with E-state index in [-0.39, 0.29) is 17.2 Å². The van der Waals surface area contributed by atoms with Crippen LogP contribution < -0.4 is 10.0 Å². The highest BCUT2D eigenvalue weighted by Gasteiger charge is 2.16. The van der Waals surface area contributed by atoms with E-state index in [1.165, 1.54) is 12.1 Å². The van der Waals surface area contributed by atoms with Crippen LogP contribution >= 0.6 is 0 Å². The highest BCUT2D eigenvalue weighted by atomic mass is 32.2. The molecule has 0 aliphatic carbocycles. The third kappa shape index (κ3) is 5.32. The second-order valence-electron chi connectivity index (χ2n) is 7.88. The number of nitrogens with zero attached hydrogens (tertiary/aromatic N) is 1. The predicted molar refractivity (Wildman–Crippen MR) is 131 cm³/mol. The third-order valence-electron chi connectivity index (χ3n) is 5.37. The van der Waals surface area contributed by atoms with Crippen LogP contribution in [0.5, 0.6) is 0 Å². The lowest BCUT2D eigenvalue weighted by molar-refractivity contribution is -0.115. The Morgan fingerprint density at radius 3 is 2.03 bits per heavy atom. The first-order valence-corrected chi connectivity index (χ1v) is 12.0. The number of hydrogen-bond acceptors (Lipinski definition) is 3. The van der Waals surface area contributed by atoms with E-state index >= 15 is 0 Å². The van der Waals surface area contributed by atoms with E-state index in [1.54, 1.807) is 12.1 Å². The minimum absolute atomic E-state index is 0.128. The number of aromatic nitrogens is 1. The van der Waals surface area contributed by atoms with Gasteiger partial charge in [-0.05, 0) is 79.1 Å². The van der Waals surface area contributed by atoms with Crippen LogP contribution in [-0.4, -0.2) is 18.9 Å².